The molecule has 0 aromatic rings. The fraction of sp³-hybridized carbons (Fsp3) is 0.905. The molecular weight excluding hydrogens is 851 g/mol. The number of hydrogen-bond acceptors (Lipinski definition) is 5. The van der Waals surface area contributed by atoms with Crippen LogP contribution in [0.25, 0.3) is 0 Å². The van der Waals surface area contributed by atoms with Crippen LogP contribution in [0, 0.1) is 0 Å². The number of nitrogens with one attached hydrogen (secondary N) is 1. The highest BCUT2D eigenvalue weighted by Gasteiger charge is 2.20. The van der Waals surface area contributed by atoms with Crippen LogP contribution in [0.5, 0.6) is 0 Å². The molecule has 0 aromatic heterocycles. The van der Waals surface area contributed by atoms with Gasteiger partial charge in [0, 0.05) is 12.8 Å². The first-order chi connectivity index (χ1) is 34.0. The molecule has 6 nitrogen and oxygen atoms in total. The molecule has 0 radical (unpaired) electrons. The van der Waals surface area contributed by atoms with Gasteiger partial charge in [-0.15, -0.1) is 0 Å². The summed E-state index contributed by atoms with van der Waals surface area (Å²) in [6.45, 7) is 4.89. The zero-order valence-corrected chi connectivity index (χ0v) is 46.6. The highest BCUT2D eigenvalue weighted by atomic mass is 16.5. The van der Waals surface area contributed by atoms with Crippen LogP contribution >= 0.6 is 0 Å². The predicted molar refractivity (Wildman–Crippen MR) is 301 cm³/mol. The first kappa shape index (κ1) is 67.3. The van der Waals surface area contributed by atoms with Crippen molar-refractivity contribution in [1.29, 1.82) is 0 Å². The standard InChI is InChI=1S/C63H121NO5/c1-3-5-7-9-11-13-15-17-19-21-23-24-25-26-27-28-29-31-33-35-39-43-47-51-55-61(66)60(59-65)64-62(67)56-52-48-44-40-37-38-42-46-50-54-58-69-63(68)57-53-49-45-41-36-34-32-30-22-20-18-16-14-12-10-8-6-4-2/h20,22,38,42,60-61,65-66H,3-19,21,23-37,39-41,43-59H2,1-2H3,(H,64,67)/b22-20-,42-38-. The highest BCUT2D eigenvalue weighted by molar-refractivity contribution is 5.76. The van der Waals surface area contributed by atoms with Crippen molar-refractivity contribution in [2.75, 3.05) is 13.2 Å². The molecule has 0 spiro atoms. The van der Waals surface area contributed by atoms with E-state index >= 15 is 0 Å². The second kappa shape index (κ2) is 58.9. The molecule has 2 unspecified atom stereocenters. The predicted octanol–water partition coefficient (Wildman–Crippen LogP) is 19.4. The van der Waals surface area contributed by atoms with E-state index in [9.17, 15) is 19.8 Å². The Balaban J connectivity index is 3.49. The van der Waals surface area contributed by atoms with Crippen molar-refractivity contribution in [3.8, 4) is 0 Å². The van der Waals surface area contributed by atoms with Crippen LogP contribution in [0.4, 0.5) is 0 Å². The second-order valence-corrected chi connectivity index (χ2v) is 21.4. The van der Waals surface area contributed by atoms with Crippen LogP contribution in [0.1, 0.15) is 341 Å². The molecule has 0 aliphatic rings. The lowest BCUT2D eigenvalue weighted by Gasteiger charge is -2.22. The minimum absolute atomic E-state index is 0.0381. The van der Waals surface area contributed by atoms with E-state index in [2.05, 4.69) is 43.5 Å². The lowest BCUT2D eigenvalue weighted by Crippen LogP contribution is -2.45. The smallest absolute Gasteiger partial charge is 0.305 e. The summed E-state index contributed by atoms with van der Waals surface area (Å²) < 4.78 is 5.45. The fourth-order valence-corrected chi connectivity index (χ4v) is 9.69. The Kier molecular flexibility index (Phi) is 57.5. The number of ether oxygens (including phenoxy) is 1. The molecule has 6 heteroatoms. The van der Waals surface area contributed by atoms with Crippen molar-refractivity contribution in [2.45, 2.75) is 353 Å². The van der Waals surface area contributed by atoms with E-state index in [4.69, 9.17) is 4.74 Å². The van der Waals surface area contributed by atoms with Crippen molar-refractivity contribution in [3.05, 3.63) is 24.3 Å². The van der Waals surface area contributed by atoms with Gasteiger partial charge in [0.25, 0.3) is 0 Å². The van der Waals surface area contributed by atoms with Gasteiger partial charge in [-0.05, 0) is 77.0 Å². The largest absolute Gasteiger partial charge is 0.466 e. The molecule has 0 saturated carbocycles. The molecule has 0 bridgehead atoms. The third-order valence-corrected chi connectivity index (χ3v) is 14.5. The Morgan fingerprint density at radius 1 is 0.391 bits per heavy atom. The first-order valence-corrected chi connectivity index (χ1v) is 31.1. The van der Waals surface area contributed by atoms with E-state index < -0.39 is 12.1 Å². The molecule has 0 aliphatic heterocycles. The second-order valence-electron chi connectivity index (χ2n) is 21.4. The molecule has 0 aromatic carbocycles. The van der Waals surface area contributed by atoms with E-state index in [1.807, 2.05) is 0 Å². The molecule has 0 saturated heterocycles. The van der Waals surface area contributed by atoms with Crippen LogP contribution < -0.4 is 5.32 Å². The van der Waals surface area contributed by atoms with Gasteiger partial charge < -0.3 is 20.3 Å². The number of amides is 1. The normalized spacial score (nSPS) is 12.7. The maximum Gasteiger partial charge on any atom is 0.305 e. The van der Waals surface area contributed by atoms with E-state index in [0.717, 1.165) is 77.0 Å². The average molecular weight is 973 g/mol. The van der Waals surface area contributed by atoms with Gasteiger partial charge in [-0.1, -0.05) is 276 Å². The number of carbonyl (C=O) groups excluding carboxylic acids is 2. The maximum atomic E-state index is 12.5. The quantitative estimate of drug-likeness (QED) is 0.0321. The monoisotopic (exact) mass is 972 g/mol. The van der Waals surface area contributed by atoms with Gasteiger partial charge >= 0.3 is 5.97 Å². The van der Waals surface area contributed by atoms with Gasteiger partial charge in [-0.25, -0.2) is 0 Å². The van der Waals surface area contributed by atoms with Crippen molar-refractivity contribution < 1.29 is 24.5 Å². The Morgan fingerprint density at radius 2 is 0.681 bits per heavy atom. The zero-order valence-electron chi connectivity index (χ0n) is 46.6. The lowest BCUT2D eigenvalue weighted by atomic mass is 10.0. The van der Waals surface area contributed by atoms with Crippen molar-refractivity contribution in [1.82, 2.24) is 5.32 Å². The summed E-state index contributed by atoms with van der Waals surface area (Å²) >= 11 is 0. The Hall–Kier alpha value is -1.66. The van der Waals surface area contributed by atoms with E-state index in [-0.39, 0.29) is 18.5 Å². The Labute approximate surface area is 431 Å². The van der Waals surface area contributed by atoms with Crippen LogP contribution in [-0.2, 0) is 14.3 Å². The highest BCUT2D eigenvalue weighted by Crippen LogP contribution is 2.18. The summed E-state index contributed by atoms with van der Waals surface area (Å²) in [7, 11) is 0. The number of hydrogen-bond donors (Lipinski definition) is 3. The number of unbranched alkanes of at least 4 members (excludes halogenated alkanes) is 43. The van der Waals surface area contributed by atoms with Crippen molar-refractivity contribution in [3.63, 3.8) is 0 Å². The summed E-state index contributed by atoms with van der Waals surface area (Å²) in [5, 5.41) is 23.3. The van der Waals surface area contributed by atoms with Gasteiger partial charge in [0.05, 0.1) is 25.4 Å². The summed E-state index contributed by atoms with van der Waals surface area (Å²) in [6, 6.07) is -0.568. The van der Waals surface area contributed by atoms with Crippen LogP contribution in [0.15, 0.2) is 24.3 Å². The molecule has 2 atom stereocenters. The Morgan fingerprint density at radius 3 is 1.03 bits per heavy atom. The molecule has 0 aliphatic carbocycles. The fourth-order valence-electron chi connectivity index (χ4n) is 9.69. The van der Waals surface area contributed by atoms with Gasteiger partial charge in [-0.2, -0.15) is 0 Å². The average Bonchev–Trinajstić information content (AvgIpc) is 3.35. The van der Waals surface area contributed by atoms with E-state index in [0.29, 0.717) is 25.9 Å². The van der Waals surface area contributed by atoms with Gasteiger partial charge in [0.2, 0.25) is 5.91 Å². The molecule has 1 amide bonds. The number of aliphatic hydroxyl groups excluding tert-OH is 2. The third kappa shape index (κ3) is 55.5. The molecule has 408 valence electrons. The molecule has 0 heterocycles. The van der Waals surface area contributed by atoms with Crippen molar-refractivity contribution >= 4 is 11.9 Å². The van der Waals surface area contributed by atoms with Gasteiger partial charge in [0.1, 0.15) is 0 Å². The number of esters is 1. The molecule has 0 fully saturated rings. The lowest BCUT2D eigenvalue weighted by molar-refractivity contribution is -0.143. The van der Waals surface area contributed by atoms with E-state index in [1.165, 1.54) is 231 Å². The molecule has 69 heavy (non-hydrogen) atoms. The summed E-state index contributed by atoms with van der Waals surface area (Å²) in [6.07, 6.45) is 71.9. The molecule has 3 N–H and O–H groups in total. The Bertz CT molecular complexity index is 1080. The number of aliphatic hydroxyl groups is 2. The van der Waals surface area contributed by atoms with Crippen LogP contribution in [0.2, 0.25) is 0 Å². The zero-order chi connectivity index (χ0) is 50.0. The first-order valence-electron chi connectivity index (χ1n) is 31.1. The molecule has 0 rings (SSSR count). The van der Waals surface area contributed by atoms with Crippen LogP contribution in [-0.4, -0.2) is 47.4 Å². The summed E-state index contributed by atoms with van der Waals surface area (Å²) in [5.41, 5.74) is 0. The third-order valence-electron chi connectivity index (χ3n) is 14.5. The number of allylic oxidation sites excluding steroid dienone is 4. The van der Waals surface area contributed by atoms with E-state index in [1.54, 1.807) is 0 Å². The maximum absolute atomic E-state index is 12.5. The number of carbonyl (C=O) groups is 2. The minimum Gasteiger partial charge on any atom is -0.466 e. The van der Waals surface area contributed by atoms with Gasteiger partial charge in [-0.3, -0.25) is 9.59 Å². The SMILES string of the molecule is CCCCCCCCC/C=C\CCCCCCCCCC(=O)OCCCC/C=C\CCCCCCC(=O)NC(CO)C(O)CCCCCCCCCCCCCCCCCCCCCCCCCC. The van der Waals surface area contributed by atoms with Crippen molar-refractivity contribution in [2.24, 2.45) is 0 Å². The number of rotatable bonds is 58. The topological polar surface area (TPSA) is 95.9 Å². The minimum atomic E-state index is -0.688. The summed E-state index contributed by atoms with van der Waals surface area (Å²) in [4.78, 5) is 24.6. The molecular formula is C63H121NO5. The van der Waals surface area contributed by atoms with Gasteiger partial charge in [0.15, 0.2) is 0 Å². The summed E-state index contributed by atoms with van der Waals surface area (Å²) in [5.74, 6) is -0.106. The van der Waals surface area contributed by atoms with Crippen LogP contribution in [0.3, 0.4) is 0 Å².